The Bertz CT molecular complexity index is 475. The normalized spacial score (nSPS) is 11.1. The monoisotopic (exact) mass is 250 g/mol. The number of benzene rings is 1. The first-order chi connectivity index (χ1) is 8.34. The van der Waals surface area contributed by atoms with Gasteiger partial charge in [0.1, 0.15) is 11.2 Å². The van der Waals surface area contributed by atoms with Crippen molar-refractivity contribution < 1.29 is 19.4 Å². The molecule has 1 N–H and O–H groups in total. The first-order valence-electron chi connectivity index (χ1n) is 5.79. The lowest BCUT2D eigenvalue weighted by molar-refractivity contribution is -0.144. The number of hydrogen-bond acceptors (Lipinski definition) is 3. The van der Waals surface area contributed by atoms with E-state index in [1.54, 1.807) is 12.1 Å². The number of aliphatic carboxylic acids is 1. The molecule has 1 aromatic carbocycles. The lowest BCUT2D eigenvalue weighted by atomic mass is 9.83. The Morgan fingerprint density at radius 1 is 1.33 bits per heavy atom. The van der Waals surface area contributed by atoms with Gasteiger partial charge in [0.25, 0.3) is 0 Å². The molecule has 4 nitrogen and oxygen atoms in total. The highest BCUT2D eigenvalue weighted by Gasteiger charge is 2.37. The second-order valence-electron chi connectivity index (χ2n) is 4.65. The molecule has 0 bridgehead atoms. The van der Waals surface area contributed by atoms with Gasteiger partial charge >= 0.3 is 5.97 Å². The summed E-state index contributed by atoms with van der Waals surface area (Å²) in [7, 11) is 1.46. The molecule has 4 heteroatoms. The van der Waals surface area contributed by atoms with E-state index in [4.69, 9.17) is 9.84 Å². The van der Waals surface area contributed by atoms with E-state index in [2.05, 4.69) is 0 Å². The molecule has 0 amide bonds. The minimum absolute atomic E-state index is 0.323. The molecule has 0 atom stereocenters. The molecular formula is C14H18O4. The molecule has 0 saturated heterocycles. The third-order valence-corrected chi connectivity index (χ3v) is 3.02. The average molecular weight is 250 g/mol. The van der Waals surface area contributed by atoms with Gasteiger partial charge in [0.2, 0.25) is 0 Å². The Balaban J connectivity index is 3.31. The molecule has 0 saturated carbocycles. The quantitative estimate of drug-likeness (QED) is 0.644. The zero-order valence-corrected chi connectivity index (χ0v) is 11.1. The number of carbonyl (C=O) groups excluding carboxylic acids is 1. The Morgan fingerprint density at radius 3 is 2.39 bits per heavy atom. The van der Waals surface area contributed by atoms with Gasteiger partial charge < -0.3 is 9.84 Å². The van der Waals surface area contributed by atoms with Gasteiger partial charge in [-0.25, -0.2) is 0 Å². The van der Waals surface area contributed by atoms with E-state index >= 15 is 0 Å². The van der Waals surface area contributed by atoms with Crippen LogP contribution < -0.4 is 4.74 Å². The summed E-state index contributed by atoms with van der Waals surface area (Å²) >= 11 is 0. The SMILES string of the molecule is CCc1ccc(OC)c(C(=O)C(C)(C)C(=O)O)c1. The first-order valence-corrected chi connectivity index (χ1v) is 5.79. The number of rotatable bonds is 5. The second-order valence-corrected chi connectivity index (χ2v) is 4.65. The van der Waals surface area contributed by atoms with Crippen LogP contribution in [0.15, 0.2) is 18.2 Å². The predicted molar refractivity (Wildman–Crippen MR) is 68.1 cm³/mol. The van der Waals surface area contributed by atoms with Crippen LogP contribution in [0.25, 0.3) is 0 Å². The zero-order valence-electron chi connectivity index (χ0n) is 11.1. The van der Waals surface area contributed by atoms with Crippen molar-refractivity contribution in [1.82, 2.24) is 0 Å². The summed E-state index contributed by atoms with van der Waals surface area (Å²) in [5, 5.41) is 9.10. The zero-order chi connectivity index (χ0) is 13.9. The van der Waals surface area contributed by atoms with Crippen LogP contribution in [0.2, 0.25) is 0 Å². The Morgan fingerprint density at radius 2 is 1.94 bits per heavy atom. The number of methoxy groups -OCH3 is 1. The molecule has 1 aromatic rings. The smallest absolute Gasteiger partial charge is 0.317 e. The summed E-state index contributed by atoms with van der Waals surface area (Å²) in [4.78, 5) is 23.4. The molecule has 0 aromatic heterocycles. The lowest BCUT2D eigenvalue weighted by Crippen LogP contribution is -2.33. The maximum atomic E-state index is 12.3. The molecule has 0 aliphatic carbocycles. The van der Waals surface area contributed by atoms with Gasteiger partial charge in [0.05, 0.1) is 12.7 Å². The minimum Gasteiger partial charge on any atom is -0.496 e. The number of aryl methyl sites for hydroxylation is 1. The van der Waals surface area contributed by atoms with E-state index in [-0.39, 0.29) is 0 Å². The number of carboxylic acid groups (broad SMARTS) is 1. The molecule has 98 valence electrons. The van der Waals surface area contributed by atoms with Crippen LogP contribution in [0.4, 0.5) is 0 Å². The van der Waals surface area contributed by atoms with Crippen molar-refractivity contribution in [2.24, 2.45) is 5.41 Å². The van der Waals surface area contributed by atoms with E-state index in [0.29, 0.717) is 11.3 Å². The number of ketones is 1. The van der Waals surface area contributed by atoms with Crippen LogP contribution in [0.1, 0.15) is 36.7 Å². The van der Waals surface area contributed by atoms with E-state index in [9.17, 15) is 9.59 Å². The largest absolute Gasteiger partial charge is 0.496 e. The van der Waals surface area contributed by atoms with Gasteiger partial charge in [0, 0.05) is 0 Å². The highest BCUT2D eigenvalue weighted by atomic mass is 16.5. The van der Waals surface area contributed by atoms with Crippen molar-refractivity contribution in [2.45, 2.75) is 27.2 Å². The lowest BCUT2D eigenvalue weighted by Gasteiger charge is -2.19. The molecule has 0 aliphatic heterocycles. The second kappa shape index (κ2) is 5.21. The number of ether oxygens (including phenoxy) is 1. The topological polar surface area (TPSA) is 63.6 Å². The van der Waals surface area contributed by atoms with Crippen LogP contribution in [-0.2, 0) is 11.2 Å². The number of carbonyl (C=O) groups is 2. The van der Waals surface area contributed by atoms with Gasteiger partial charge in [-0.05, 0) is 38.0 Å². The van der Waals surface area contributed by atoms with Crippen molar-refractivity contribution >= 4 is 11.8 Å². The molecule has 0 fully saturated rings. The summed E-state index contributed by atoms with van der Waals surface area (Å²) in [5.74, 6) is -1.18. The van der Waals surface area contributed by atoms with Gasteiger partial charge in [-0.3, -0.25) is 9.59 Å². The molecule has 18 heavy (non-hydrogen) atoms. The molecule has 1 rings (SSSR count). The predicted octanol–water partition coefficient (Wildman–Crippen LogP) is 2.55. The summed E-state index contributed by atoms with van der Waals surface area (Å²) in [6, 6.07) is 5.26. The number of carboxylic acids is 1. The van der Waals surface area contributed by atoms with Crippen LogP contribution in [0.3, 0.4) is 0 Å². The fourth-order valence-electron chi connectivity index (χ4n) is 1.59. The number of hydrogen-bond donors (Lipinski definition) is 1. The van der Waals surface area contributed by atoms with Crippen LogP contribution >= 0.6 is 0 Å². The average Bonchev–Trinajstić information content (AvgIpc) is 2.36. The van der Waals surface area contributed by atoms with Crippen molar-refractivity contribution in [3.63, 3.8) is 0 Å². The maximum Gasteiger partial charge on any atom is 0.317 e. The fraction of sp³-hybridized carbons (Fsp3) is 0.429. The van der Waals surface area contributed by atoms with Gasteiger partial charge in [-0.1, -0.05) is 13.0 Å². The van der Waals surface area contributed by atoms with Crippen LogP contribution in [-0.4, -0.2) is 24.0 Å². The van der Waals surface area contributed by atoms with E-state index in [0.717, 1.165) is 12.0 Å². The van der Waals surface area contributed by atoms with Crippen molar-refractivity contribution in [3.8, 4) is 5.75 Å². The van der Waals surface area contributed by atoms with E-state index < -0.39 is 17.2 Å². The maximum absolute atomic E-state index is 12.3. The third kappa shape index (κ3) is 2.53. The highest BCUT2D eigenvalue weighted by molar-refractivity contribution is 6.12. The Labute approximate surface area is 107 Å². The van der Waals surface area contributed by atoms with Gasteiger partial charge in [0.15, 0.2) is 5.78 Å². The molecular weight excluding hydrogens is 232 g/mol. The molecule has 0 aliphatic rings. The summed E-state index contributed by atoms with van der Waals surface area (Å²) in [5.41, 5.74) is -0.163. The highest BCUT2D eigenvalue weighted by Crippen LogP contribution is 2.29. The standard InChI is InChI=1S/C14H18O4/c1-5-9-6-7-11(18-4)10(8-9)12(15)14(2,3)13(16)17/h6-8H,5H2,1-4H3,(H,16,17). The van der Waals surface area contributed by atoms with Crippen molar-refractivity contribution in [1.29, 1.82) is 0 Å². The van der Waals surface area contributed by atoms with E-state index in [1.165, 1.54) is 21.0 Å². The minimum atomic E-state index is -1.46. The summed E-state index contributed by atoms with van der Waals surface area (Å²) < 4.78 is 5.13. The van der Waals surface area contributed by atoms with Crippen molar-refractivity contribution in [3.05, 3.63) is 29.3 Å². The number of Topliss-reactive ketones (excluding diaryl/α,β-unsaturated/α-hetero) is 1. The fourth-order valence-corrected chi connectivity index (χ4v) is 1.59. The Hall–Kier alpha value is -1.84. The van der Waals surface area contributed by atoms with E-state index in [1.807, 2.05) is 13.0 Å². The summed E-state index contributed by atoms with van der Waals surface area (Å²) in [6.07, 6.45) is 0.776. The van der Waals surface area contributed by atoms with Gasteiger partial charge in [-0.2, -0.15) is 0 Å². The molecule has 0 unspecified atom stereocenters. The summed E-state index contributed by atoms with van der Waals surface area (Å²) in [6.45, 7) is 4.77. The first kappa shape index (κ1) is 14.2. The third-order valence-electron chi connectivity index (χ3n) is 3.02. The van der Waals surface area contributed by atoms with Crippen LogP contribution in [0.5, 0.6) is 5.75 Å². The Kier molecular flexibility index (Phi) is 4.11. The molecule has 0 spiro atoms. The van der Waals surface area contributed by atoms with Crippen molar-refractivity contribution in [2.75, 3.05) is 7.11 Å². The van der Waals surface area contributed by atoms with Gasteiger partial charge in [-0.15, -0.1) is 0 Å². The van der Waals surface area contributed by atoms with Crippen LogP contribution in [0, 0.1) is 5.41 Å². The molecule has 0 radical (unpaired) electrons. The molecule has 0 heterocycles.